The molecule has 0 unspecified atom stereocenters. The molecular weight excluding hydrogens is 703 g/mol. The molecule has 0 saturated carbocycles. The van der Waals surface area contributed by atoms with Crippen LogP contribution < -0.4 is 5.32 Å². The van der Waals surface area contributed by atoms with Gasteiger partial charge in [-0.3, -0.25) is 14.6 Å². The number of aromatic carboxylic acids is 1. The second-order valence-electron chi connectivity index (χ2n) is 15.4. The molecule has 2 aliphatic rings. The van der Waals surface area contributed by atoms with Gasteiger partial charge in [0.2, 0.25) is 0 Å². The number of fused-ring (bicyclic) bond motifs is 8. The first kappa shape index (κ1) is 42.2. The summed E-state index contributed by atoms with van der Waals surface area (Å²) < 4.78 is 4.98. The van der Waals surface area contributed by atoms with Gasteiger partial charge in [0.25, 0.3) is 5.91 Å². The molecule has 10 nitrogen and oxygen atoms in total. The van der Waals surface area contributed by atoms with Crippen LogP contribution in [0, 0.1) is 13.8 Å². The standard InChI is InChI=1S/C46H61N5O5/c1-9-12-13-14-15-16-17-18-19-20-23-47-45(53)41-30(7)37-26-39-32(11-3)28(5)35(49-39)25-38-31(10-2)27(4)34(48-38)24-36-29(6)33(21-22-40(52)56-8)43(50-36)42(46(54)55)44(41)51-37/h10,24-26,29,33,48-49H,2,9,11-23H2,1,3-8H3,(H,47,53)(H,54,55)/t29-,33-/m0/s1. The molecule has 0 radical (unpaired) electrons. The van der Waals surface area contributed by atoms with Crippen molar-refractivity contribution in [2.45, 2.75) is 137 Å². The van der Waals surface area contributed by atoms with Gasteiger partial charge in [-0.15, -0.1) is 0 Å². The second kappa shape index (κ2) is 19.2. The van der Waals surface area contributed by atoms with Crippen LogP contribution in [0.15, 0.2) is 24.8 Å². The third-order valence-electron chi connectivity index (χ3n) is 11.8. The molecule has 10 heteroatoms. The number of hydrogen-bond donors (Lipinski definition) is 4. The van der Waals surface area contributed by atoms with Crippen LogP contribution in [0.5, 0.6) is 0 Å². The molecule has 300 valence electrons. The van der Waals surface area contributed by atoms with Gasteiger partial charge < -0.3 is 25.1 Å². The highest BCUT2D eigenvalue weighted by Gasteiger charge is 2.37. The van der Waals surface area contributed by atoms with E-state index in [1.165, 1.54) is 52.1 Å². The lowest BCUT2D eigenvalue weighted by Crippen LogP contribution is -2.26. The van der Waals surface area contributed by atoms with Crippen molar-refractivity contribution >= 4 is 57.1 Å². The predicted octanol–water partition coefficient (Wildman–Crippen LogP) is 10.6. The number of esters is 1. The van der Waals surface area contributed by atoms with Crippen LogP contribution >= 0.6 is 0 Å². The summed E-state index contributed by atoms with van der Waals surface area (Å²) in [6, 6.07) is 5.97. The van der Waals surface area contributed by atoms with Gasteiger partial charge in [0.15, 0.2) is 0 Å². The van der Waals surface area contributed by atoms with Crippen LogP contribution in [-0.4, -0.2) is 56.5 Å². The highest BCUT2D eigenvalue weighted by Crippen LogP contribution is 2.43. The van der Waals surface area contributed by atoms with Crippen molar-refractivity contribution < 1.29 is 24.2 Å². The van der Waals surface area contributed by atoms with Gasteiger partial charge in [-0.1, -0.05) is 91.2 Å². The zero-order chi connectivity index (χ0) is 40.5. The summed E-state index contributed by atoms with van der Waals surface area (Å²) in [6.07, 6.45) is 14.8. The van der Waals surface area contributed by atoms with Crippen LogP contribution in [0.2, 0.25) is 0 Å². The minimum atomic E-state index is -1.23. The third kappa shape index (κ3) is 9.17. The SMILES string of the molecule is C=Cc1c(C)c2cc3nc(c(C(=O)O)c4nc(cc5[nH]c(cc1[nH]2)c(C)c5CC)C(C)=C4C(=O)NCCCCCCCCCCCC)[C@@H](CCC(=O)OC)[C@@H]3C. The Morgan fingerprint density at radius 2 is 1.52 bits per heavy atom. The summed E-state index contributed by atoms with van der Waals surface area (Å²) in [7, 11) is 1.34. The summed E-state index contributed by atoms with van der Waals surface area (Å²) in [5, 5.41) is 14.1. The molecule has 5 rings (SSSR count). The number of rotatable bonds is 18. The van der Waals surface area contributed by atoms with E-state index in [9.17, 15) is 19.5 Å². The van der Waals surface area contributed by atoms with Gasteiger partial charge in [-0.25, -0.2) is 9.78 Å². The molecule has 3 aromatic heterocycles. The normalized spacial score (nSPS) is 15.3. The number of aryl methyl sites for hydroxylation is 3. The molecule has 1 amide bonds. The average Bonchev–Trinajstić information content (AvgIpc) is 3.85. The number of unbranched alkanes of at least 4 members (excludes halogenated alkanes) is 9. The summed E-state index contributed by atoms with van der Waals surface area (Å²) in [5.74, 6) is -2.68. The number of hydrogen-bond acceptors (Lipinski definition) is 6. The largest absolute Gasteiger partial charge is 0.478 e. The Morgan fingerprint density at radius 1 is 0.875 bits per heavy atom. The average molecular weight is 764 g/mol. The van der Waals surface area contributed by atoms with Crippen molar-refractivity contribution in [1.82, 2.24) is 25.3 Å². The van der Waals surface area contributed by atoms with Crippen molar-refractivity contribution in [3.63, 3.8) is 0 Å². The predicted molar refractivity (Wildman–Crippen MR) is 227 cm³/mol. The fourth-order valence-electron chi connectivity index (χ4n) is 8.34. The maximum atomic E-state index is 14.2. The fraction of sp³-hybridized carbons (Fsp3) is 0.500. The van der Waals surface area contributed by atoms with Crippen molar-refractivity contribution in [3.05, 3.63) is 75.4 Å². The first-order valence-corrected chi connectivity index (χ1v) is 20.6. The van der Waals surface area contributed by atoms with Gasteiger partial charge in [0.05, 0.1) is 29.8 Å². The highest BCUT2D eigenvalue weighted by molar-refractivity contribution is 6.28. The Labute approximate surface area is 331 Å². The molecule has 56 heavy (non-hydrogen) atoms. The van der Waals surface area contributed by atoms with Crippen LogP contribution in [-0.2, 0) is 20.7 Å². The van der Waals surface area contributed by atoms with E-state index >= 15 is 0 Å². The Morgan fingerprint density at radius 3 is 2.14 bits per heavy atom. The number of allylic oxidation sites excluding steroid dienone is 1. The van der Waals surface area contributed by atoms with E-state index in [0.717, 1.165) is 70.0 Å². The zero-order valence-corrected chi connectivity index (χ0v) is 34.5. The van der Waals surface area contributed by atoms with Crippen molar-refractivity contribution in [2.75, 3.05) is 13.7 Å². The van der Waals surface area contributed by atoms with Crippen molar-refractivity contribution in [2.24, 2.45) is 0 Å². The number of nitrogens with one attached hydrogen (secondary N) is 3. The van der Waals surface area contributed by atoms with Crippen molar-refractivity contribution in [1.29, 1.82) is 0 Å². The number of carbonyl (C=O) groups is 3. The summed E-state index contributed by atoms with van der Waals surface area (Å²) >= 11 is 0. The van der Waals surface area contributed by atoms with Gasteiger partial charge in [0, 0.05) is 58.1 Å². The molecule has 0 aromatic carbocycles. The Kier molecular flexibility index (Phi) is 14.5. The number of carbonyl (C=O) groups excluding carboxylic acids is 2. The molecule has 2 atom stereocenters. The summed E-state index contributed by atoms with van der Waals surface area (Å²) in [5.41, 5.74) is 9.89. The number of nitrogens with zero attached hydrogens (tertiary/aromatic N) is 2. The quantitative estimate of drug-likeness (QED) is 0.0744. The first-order valence-electron chi connectivity index (χ1n) is 20.6. The van der Waals surface area contributed by atoms with E-state index in [-0.39, 0.29) is 35.1 Å². The minimum Gasteiger partial charge on any atom is -0.478 e. The maximum Gasteiger partial charge on any atom is 0.339 e. The number of ether oxygens (including phenoxy) is 1. The number of aromatic nitrogens is 4. The van der Waals surface area contributed by atoms with E-state index in [1.807, 2.05) is 39.0 Å². The Hall–Kier alpha value is -4.99. The Bertz CT molecular complexity index is 2160. The summed E-state index contributed by atoms with van der Waals surface area (Å²) in [4.78, 5) is 57.3. The van der Waals surface area contributed by atoms with E-state index in [0.29, 0.717) is 35.6 Å². The van der Waals surface area contributed by atoms with Crippen LogP contribution in [0.25, 0.3) is 39.3 Å². The van der Waals surface area contributed by atoms with Crippen LogP contribution in [0.4, 0.5) is 0 Å². The smallest absolute Gasteiger partial charge is 0.339 e. The van der Waals surface area contributed by atoms with E-state index in [1.54, 1.807) is 0 Å². The lowest BCUT2D eigenvalue weighted by molar-refractivity contribution is -0.140. The van der Waals surface area contributed by atoms with Crippen LogP contribution in [0.1, 0.15) is 172 Å². The van der Waals surface area contributed by atoms with Gasteiger partial charge >= 0.3 is 11.9 Å². The van der Waals surface area contributed by atoms with Crippen molar-refractivity contribution in [3.8, 4) is 0 Å². The lowest BCUT2D eigenvalue weighted by Gasteiger charge is -2.17. The highest BCUT2D eigenvalue weighted by atomic mass is 16.5. The summed E-state index contributed by atoms with van der Waals surface area (Å²) in [6.45, 7) is 16.9. The van der Waals surface area contributed by atoms with E-state index < -0.39 is 17.9 Å². The molecule has 0 aliphatic carbocycles. The molecular formula is C46H61N5O5. The molecule has 4 N–H and O–H groups in total. The number of aromatic amines is 2. The molecule has 3 aromatic rings. The second-order valence-corrected chi connectivity index (χ2v) is 15.4. The van der Waals surface area contributed by atoms with E-state index in [2.05, 4.69) is 48.7 Å². The fourth-order valence-corrected chi connectivity index (χ4v) is 8.34. The van der Waals surface area contributed by atoms with E-state index in [4.69, 9.17) is 14.7 Å². The molecule has 2 aliphatic heterocycles. The minimum absolute atomic E-state index is 0.0821. The Balaban J connectivity index is 1.66. The molecule has 0 saturated heterocycles. The first-order chi connectivity index (χ1) is 26.9. The molecule has 5 heterocycles. The zero-order valence-electron chi connectivity index (χ0n) is 34.5. The topological polar surface area (TPSA) is 150 Å². The molecule has 0 fully saturated rings. The van der Waals surface area contributed by atoms with Crippen LogP contribution in [0.3, 0.4) is 0 Å². The maximum absolute atomic E-state index is 14.2. The number of carboxylic acid groups (broad SMARTS) is 1. The number of amides is 1. The number of methoxy groups -OCH3 is 1. The van der Waals surface area contributed by atoms with Gasteiger partial charge in [-0.2, -0.15) is 0 Å². The third-order valence-corrected chi connectivity index (χ3v) is 11.8. The van der Waals surface area contributed by atoms with Gasteiger partial charge in [0.1, 0.15) is 5.56 Å². The van der Waals surface area contributed by atoms with Gasteiger partial charge in [-0.05, 0) is 80.5 Å². The molecule has 0 spiro atoms. The molecule has 8 bridgehead atoms. The number of carboxylic acids is 1. The lowest BCUT2D eigenvalue weighted by atomic mass is 9.85. The number of H-pyrrole nitrogens is 2. The monoisotopic (exact) mass is 763 g/mol.